The Hall–Kier alpha value is -0.610. The molecular weight excluding hydrogens is 216 g/mol. The third-order valence-electron chi connectivity index (χ3n) is 3.85. The zero-order valence-corrected chi connectivity index (χ0v) is 10.9. The standard InChI is InChI=1S/C13H24N2O2/c1-3-7-14-11-5-4-8-15(13(11)16)12-6-9-17-10(12)2/h10-12,14H,3-9H2,1-2H3. The normalized spacial score (nSPS) is 34.4. The molecule has 4 heteroatoms. The van der Waals surface area contributed by atoms with Gasteiger partial charge in [0.2, 0.25) is 5.91 Å². The van der Waals surface area contributed by atoms with Crippen molar-refractivity contribution in [1.29, 1.82) is 0 Å². The molecule has 0 spiro atoms. The Balaban J connectivity index is 1.95. The third-order valence-corrected chi connectivity index (χ3v) is 3.85. The van der Waals surface area contributed by atoms with Crippen LogP contribution in [0.3, 0.4) is 0 Å². The summed E-state index contributed by atoms with van der Waals surface area (Å²) in [5.41, 5.74) is 0. The molecule has 2 saturated heterocycles. The average Bonchev–Trinajstić information content (AvgIpc) is 2.74. The summed E-state index contributed by atoms with van der Waals surface area (Å²) in [6.07, 6.45) is 4.36. The minimum absolute atomic E-state index is 0.0384. The highest BCUT2D eigenvalue weighted by molar-refractivity contribution is 5.83. The monoisotopic (exact) mass is 240 g/mol. The van der Waals surface area contributed by atoms with Crippen LogP contribution in [0.25, 0.3) is 0 Å². The quantitative estimate of drug-likeness (QED) is 0.801. The lowest BCUT2D eigenvalue weighted by molar-refractivity contribution is -0.139. The molecule has 2 rings (SSSR count). The van der Waals surface area contributed by atoms with Gasteiger partial charge in [-0.2, -0.15) is 0 Å². The number of nitrogens with one attached hydrogen (secondary N) is 1. The van der Waals surface area contributed by atoms with Crippen molar-refractivity contribution in [1.82, 2.24) is 10.2 Å². The summed E-state index contributed by atoms with van der Waals surface area (Å²) in [7, 11) is 0. The maximum atomic E-state index is 12.4. The van der Waals surface area contributed by atoms with E-state index in [2.05, 4.69) is 24.1 Å². The maximum Gasteiger partial charge on any atom is 0.240 e. The smallest absolute Gasteiger partial charge is 0.240 e. The lowest BCUT2D eigenvalue weighted by atomic mass is 10.00. The maximum absolute atomic E-state index is 12.4. The second-order valence-electron chi connectivity index (χ2n) is 5.11. The molecule has 2 heterocycles. The van der Waals surface area contributed by atoms with Crippen LogP contribution in [0.5, 0.6) is 0 Å². The van der Waals surface area contributed by atoms with Crippen LogP contribution < -0.4 is 5.32 Å². The predicted molar refractivity (Wildman–Crippen MR) is 66.8 cm³/mol. The lowest BCUT2D eigenvalue weighted by Gasteiger charge is -2.37. The first-order valence-electron chi connectivity index (χ1n) is 6.89. The molecular formula is C13H24N2O2. The van der Waals surface area contributed by atoms with Crippen LogP contribution >= 0.6 is 0 Å². The number of carbonyl (C=O) groups is 1. The molecule has 0 aromatic heterocycles. The molecule has 2 aliphatic heterocycles. The Morgan fingerprint density at radius 1 is 1.47 bits per heavy atom. The molecule has 0 aromatic rings. The number of rotatable bonds is 4. The van der Waals surface area contributed by atoms with Gasteiger partial charge < -0.3 is 15.0 Å². The summed E-state index contributed by atoms with van der Waals surface area (Å²) in [4.78, 5) is 14.4. The number of carbonyl (C=O) groups excluding carboxylic acids is 1. The van der Waals surface area contributed by atoms with Crippen LogP contribution in [0.1, 0.15) is 39.5 Å². The molecule has 0 aliphatic carbocycles. The molecule has 0 bridgehead atoms. The molecule has 2 fully saturated rings. The molecule has 98 valence electrons. The van der Waals surface area contributed by atoms with Crippen molar-refractivity contribution in [2.45, 2.75) is 57.7 Å². The van der Waals surface area contributed by atoms with E-state index in [0.717, 1.165) is 45.4 Å². The van der Waals surface area contributed by atoms with Gasteiger partial charge in [0.15, 0.2) is 0 Å². The summed E-state index contributed by atoms with van der Waals surface area (Å²) in [5.74, 6) is 0.284. The molecule has 2 aliphatic rings. The fraction of sp³-hybridized carbons (Fsp3) is 0.923. The third kappa shape index (κ3) is 2.80. The van der Waals surface area contributed by atoms with E-state index in [1.165, 1.54) is 0 Å². The van der Waals surface area contributed by atoms with Gasteiger partial charge in [0.05, 0.1) is 18.2 Å². The fourth-order valence-electron chi connectivity index (χ4n) is 2.87. The van der Waals surface area contributed by atoms with Crippen molar-refractivity contribution < 1.29 is 9.53 Å². The van der Waals surface area contributed by atoms with E-state index in [4.69, 9.17) is 4.74 Å². The molecule has 17 heavy (non-hydrogen) atoms. The first-order valence-corrected chi connectivity index (χ1v) is 6.89. The van der Waals surface area contributed by atoms with Crippen molar-refractivity contribution >= 4 is 5.91 Å². The van der Waals surface area contributed by atoms with Crippen molar-refractivity contribution in [3.05, 3.63) is 0 Å². The van der Waals surface area contributed by atoms with Crippen molar-refractivity contribution in [3.8, 4) is 0 Å². The molecule has 0 aromatic carbocycles. The van der Waals surface area contributed by atoms with Gasteiger partial charge >= 0.3 is 0 Å². The van der Waals surface area contributed by atoms with E-state index >= 15 is 0 Å². The summed E-state index contributed by atoms with van der Waals surface area (Å²) in [6.45, 7) is 6.84. The Morgan fingerprint density at radius 3 is 2.94 bits per heavy atom. The molecule has 1 amide bonds. The van der Waals surface area contributed by atoms with E-state index in [9.17, 15) is 4.79 Å². The van der Waals surface area contributed by atoms with Gasteiger partial charge in [0.1, 0.15) is 0 Å². The lowest BCUT2D eigenvalue weighted by Crippen LogP contribution is -2.55. The van der Waals surface area contributed by atoms with Crippen LogP contribution in [-0.2, 0) is 9.53 Å². The number of nitrogens with zero attached hydrogens (tertiary/aromatic N) is 1. The van der Waals surface area contributed by atoms with Crippen LogP contribution in [-0.4, -0.2) is 48.7 Å². The summed E-state index contributed by atoms with van der Waals surface area (Å²) in [6, 6.07) is 0.338. The number of amides is 1. The van der Waals surface area contributed by atoms with Crippen molar-refractivity contribution in [3.63, 3.8) is 0 Å². The molecule has 1 N–H and O–H groups in total. The topological polar surface area (TPSA) is 41.6 Å². The van der Waals surface area contributed by atoms with Gasteiger partial charge in [-0.15, -0.1) is 0 Å². The Morgan fingerprint density at radius 2 is 2.29 bits per heavy atom. The van der Waals surface area contributed by atoms with Crippen LogP contribution in [0.4, 0.5) is 0 Å². The Kier molecular flexibility index (Phi) is 4.40. The Bertz CT molecular complexity index is 270. The highest BCUT2D eigenvalue weighted by Gasteiger charge is 2.37. The zero-order valence-electron chi connectivity index (χ0n) is 10.9. The van der Waals surface area contributed by atoms with E-state index in [1.807, 2.05) is 0 Å². The van der Waals surface area contributed by atoms with Gasteiger partial charge in [-0.1, -0.05) is 6.92 Å². The first kappa shape index (κ1) is 12.8. The average molecular weight is 240 g/mol. The predicted octanol–water partition coefficient (Wildman–Crippen LogP) is 1.15. The molecule has 3 unspecified atom stereocenters. The largest absolute Gasteiger partial charge is 0.376 e. The number of piperidine rings is 1. The molecule has 0 radical (unpaired) electrons. The number of hydrogen-bond donors (Lipinski definition) is 1. The summed E-state index contributed by atoms with van der Waals surface area (Å²) < 4.78 is 5.57. The number of likely N-dealkylation sites (tertiary alicyclic amines) is 1. The highest BCUT2D eigenvalue weighted by Crippen LogP contribution is 2.24. The van der Waals surface area contributed by atoms with Crippen molar-refractivity contribution in [2.24, 2.45) is 0 Å². The van der Waals surface area contributed by atoms with Gasteiger partial charge in [0.25, 0.3) is 0 Å². The molecule has 3 atom stereocenters. The summed E-state index contributed by atoms with van der Waals surface area (Å²) >= 11 is 0. The second-order valence-corrected chi connectivity index (χ2v) is 5.11. The van der Waals surface area contributed by atoms with Gasteiger partial charge in [-0.05, 0) is 39.2 Å². The molecule has 0 saturated carbocycles. The number of ether oxygens (including phenoxy) is 1. The van der Waals surface area contributed by atoms with Crippen molar-refractivity contribution in [2.75, 3.05) is 19.7 Å². The first-order chi connectivity index (χ1) is 8.24. The number of hydrogen-bond acceptors (Lipinski definition) is 3. The van der Waals surface area contributed by atoms with Crippen LogP contribution in [0.2, 0.25) is 0 Å². The van der Waals surface area contributed by atoms with E-state index in [1.54, 1.807) is 0 Å². The fourth-order valence-corrected chi connectivity index (χ4v) is 2.87. The zero-order chi connectivity index (χ0) is 12.3. The van der Waals surface area contributed by atoms with E-state index < -0.39 is 0 Å². The molecule has 4 nitrogen and oxygen atoms in total. The van der Waals surface area contributed by atoms with Gasteiger partial charge in [-0.3, -0.25) is 4.79 Å². The SMILES string of the molecule is CCCNC1CCCN(C2CCOC2C)C1=O. The van der Waals surface area contributed by atoms with Gasteiger partial charge in [0, 0.05) is 13.2 Å². The van der Waals surface area contributed by atoms with E-state index in [-0.39, 0.29) is 18.1 Å². The highest BCUT2D eigenvalue weighted by atomic mass is 16.5. The van der Waals surface area contributed by atoms with E-state index in [0.29, 0.717) is 6.04 Å². The van der Waals surface area contributed by atoms with Crippen LogP contribution in [0.15, 0.2) is 0 Å². The minimum atomic E-state index is 0.0384. The minimum Gasteiger partial charge on any atom is -0.376 e. The van der Waals surface area contributed by atoms with Gasteiger partial charge in [-0.25, -0.2) is 0 Å². The summed E-state index contributed by atoms with van der Waals surface area (Å²) in [5, 5.41) is 3.36. The van der Waals surface area contributed by atoms with Crippen LogP contribution in [0, 0.1) is 0 Å². The second kappa shape index (κ2) is 5.83. The Labute approximate surface area is 104 Å².